The first-order valence-electron chi connectivity index (χ1n) is 16.0. The number of carbonyl (C=O) groups is 3. The third-order valence-electron chi connectivity index (χ3n) is 7.41. The standard InChI is InChI=1S/C36H52N2O5/c1-5-6-7-8-9-10-11-12-13-14-15-16-17-18-19-22-32(39)42-31-26-28(33(40)34(37)36(2,3)4)23-24-30(31)43-35(41)29-21-20-25-38-27-29/h12-13,20-21,23-27,34H,5-11,14-19,22,37H2,1-4H3/b13-12+. The van der Waals surface area contributed by atoms with E-state index in [2.05, 4.69) is 24.1 Å². The van der Waals surface area contributed by atoms with Crippen molar-refractivity contribution in [2.75, 3.05) is 0 Å². The average molecular weight is 593 g/mol. The lowest BCUT2D eigenvalue weighted by Gasteiger charge is -2.25. The number of hydrogen-bond donors (Lipinski definition) is 1. The van der Waals surface area contributed by atoms with Gasteiger partial charge in [0, 0.05) is 24.4 Å². The summed E-state index contributed by atoms with van der Waals surface area (Å²) >= 11 is 0. The minimum Gasteiger partial charge on any atom is -0.422 e. The molecular weight excluding hydrogens is 540 g/mol. The summed E-state index contributed by atoms with van der Waals surface area (Å²) in [5.41, 5.74) is 6.27. The lowest BCUT2D eigenvalue weighted by atomic mass is 9.83. The minimum atomic E-state index is -0.754. The summed E-state index contributed by atoms with van der Waals surface area (Å²) < 4.78 is 11.1. The molecule has 1 unspecified atom stereocenters. The summed E-state index contributed by atoms with van der Waals surface area (Å²) in [6.07, 6.45) is 23.0. The summed E-state index contributed by atoms with van der Waals surface area (Å²) in [7, 11) is 0. The molecule has 2 aromatic rings. The van der Waals surface area contributed by atoms with Crippen molar-refractivity contribution in [3.8, 4) is 11.5 Å². The number of unbranched alkanes of at least 4 members (excludes halogenated alkanes) is 11. The highest BCUT2D eigenvalue weighted by Crippen LogP contribution is 2.31. The van der Waals surface area contributed by atoms with Crippen LogP contribution in [0.5, 0.6) is 11.5 Å². The van der Waals surface area contributed by atoms with Crippen molar-refractivity contribution in [1.29, 1.82) is 0 Å². The first kappa shape index (κ1) is 35.9. The van der Waals surface area contributed by atoms with E-state index in [1.807, 2.05) is 20.8 Å². The second kappa shape index (κ2) is 19.8. The number of aromatic nitrogens is 1. The second-order valence-electron chi connectivity index (χ2n) is 12.3. The van der Waals surface area contributed by atoms with Gasteiger partial charge in [-0.05, 0) is 67.9 Å². The van der Waals surface area contributed by atoms with Gasteiger partial charge in [0.25, 0.3) is 0 Å². The molecule has 1 atom stereocenters. The zero-order valence-electron chi connectivity index (χ0n) is 26.7. The van der Waals surface area contributed by atoms with E-state index in [-0.39, 0.29) is 34.8 Å². The molecule has 0 fully saturated rings. The Hall–Kier alpha value is -3.32. The third-order valence-corrected chi connectivity index (χ3v) is 7.41. The van der Waals surface area contributed by atoms with Crippen molar-refractivity contribution in [3.63, 3.8) is 0 Å². The molecule has 43 heavy (non-hydrogen) atoms. The summed E-state index contributed by atoms with van der Waals surface area (Å²) in [6.45, 7) is 7.90. The van der Waals surface area contributed by atoms with Gasteiger partial charge in [-0.25, -0.2) is 4.79 Å². The number of hydrogen-bond acceptors (Lipinski definition) is 7. The molecule has 7 heteroatoms. The Morgan fingerprint density at radius 2 is 1.44 bits per heavy atom. The van der Waals surface area contributed by atoms with Crippen molar-refractivity contribution in [2.45, 2.75) is 124 Å². The van der Waals surface area contributed by atoms with E-state index in [9.17, 15) is 14.4 Å². The molecule has 0 aliphatic rings. The monoisotopic (exact) mass is 592 g/mol. The number of allylic oxidation sites excluding steroid dienone is 2. The van der Waals surface area contributed by atoms with E-state index >= 15 is 0 Å². The van der Waals surface area contributed by atoms with E-state index in [0.29, 0.717) is 6.42 Å². The fraction of sp³-hybridized carbons (Fsp3) is 0.556. The van der Waals surface area contributed by atoms with Gasteiger partial charge in [0.1, 0.15) is 0 Å². The van der Waals surface area contributed by atoms with Gasteiger partial charge in [-0.3, -0.25) is 14.6 Å². The van der Waals surface area contributed by atoms with Crippen LogP contribution < -0.4 is 15.2 Å². The molecule has 0 spiro atoms. The maximum absolute atomic E-state index is 13.0. The second-order valence-corrected chi connectivity index (χ2v) is 12.3. The lowest BCUT2D eigenvalue weighted by Crippen LogP contribution is -2.42. The highest BCUT2D eigenvalue weighted by molar-refractivity contribution is 6.01. The first-order chi connectivity index (χ1) is 20.6. The van der Waals surface area contributed by atoms with Crippen LogP contribution in [0.25, 0.3) is 0 Å². The zero-order valence-corrected chi connectivity index (χ0v) is 26.7. The van der Waals surface area contributed by atoms with E-state index in [1.54, 1.807) is 18.3 Å². The van der Waals surface area contributed by atoms with Crippen molar-refractivity contribution >= 4 is 17.7 Å². The van der Waals surface area contributed by atoms with E-state index in [4.69, 9.17) is 15.2 Å². The van der Waals surface area contributed by atoms with Crippen LogP contribution in [0.1, 0.15) is 138 Å². The van der Waals surface area contributed by atoms with Gasteiger partial charge < -0.3 is 15.2 Å². The van der Waals surface area contributed by atoms with Crippen LogP contribution in [0.4, 0.5) is 0 Å². The molecule has 0 aliphatic carbocycles. The number of carbonyl (C=O) groups excluding carboxylic acids is 3. The Labute approximate surface area is 258 Å². The Kier molecular flexibility index (Phi) is 16.5. The predicted octanol–water partition coefficient (Wildman–Crippen LogP) is 8.80. The quantitative estimate of drug-likeness (QED) is 0.0538. The normalized spacial score (nSPS) is 12.3. The van der Waals surface area contributed by atoms with Crippen LogP contribution in [0.2, 0.25) is 0 Å². The molecular formula is C36H52N2O5. The molecule has 1 heterocycles. The van der Waals surface area contributed by atoms with Gasteiger partial charge in [0.05, 0.1) is 11.6 Å². The van der Waals surface area contributed by atoms with Crippen LogP contribution in [0.15, 0.2) is 54.9 Å². The number of Topliss-reactive ketones (excluding diaryl/α,β-unsaturated/α-hetero) is 1. The molecule has 0 amide bonds. The number of ketones is 1. The molecule has 0 saturated heterocycles. The van der Waals surface area contributed by atoms with Gasteiger partial charge >= 0.3 is 11.9 Å². The molecule has 1 aromatic carbocycles. The zero-order chi connectivity index (χ0) is 31.5. The molecule has 7 nitrogen and oxygen atoms in total. The van der Waals surface area contributed by atoms with Gasteiger partial charge in [-0.2, -0.15) is 0 Å². The summed E-state index contributed by atoms with van der Waals surface area (Å²) in [6, 6.07) is 6.87. The fourth-order valence-corrected chi connectivity index (χ4v) is 4.55. The molecule has 0 aliphatic heterocycles. The number of esters is 2. The number of ether oxygens (including phenoxy) is 2. The van der Waals surface area contributed by atoms with Crippen molar-refractivity contribution in [1.82, 2.24) is 4.98 Å². The van der Waals surface area contributed by atoms with Crippen LogP contribution >= 0.6 is 0 Å². The Bertz CT molecular complexity index is 1150. The summed E-state index contributed by atoms with van der Waals surface area (Å²) in [5.74, 6) is -1.31. The lowest BCUT2D eigenvalue weighted by molar-refractivity contribution is -0.134. The highest BCUT2D eigenvalue weighted by Gasteiger charge is 2.29. The predicted molar refractivity (Wildman–Crippen MR) is 172 cm³/mol. The molecule has 1 aromatic heterocycles. The van der Waals surface area contributed by atoms with Crippen LogP contribution in [-0.4, -0.2) is 28.7 Å². The number of pyridine rings is 1. The van der Waals surface area contributed by atoms with Crippen molar-refractivity contribution in [2.24, 2.45) is 11.1 Å². The third kappa shape index (κ3) is 14.1. The molecule has 236 valence electrons. The number of nitrogens with zero attached hydrogens (tertiary/aromatic N) is 1. The molecule has 0 bridgehead atoms. The molecule has 0 saturated carbocycles. The molecule has 0 radical (unpaired) electrons. The van der Waals surface area contributed by atoms with Crippen molar-refractivity contribution < 1.29 is 23.9 Å². The van der Waals surface area contributed by atoms with Crippen LogP contribution in [-0.2, 0) is 4.79 Å². The maximum atomic E-state index is 13.0. The van der Waals surface area contributed by atoms with Gasteiger partial charge in [-0.15, -0.1) is 0 Å². The van der Waals surface area contributed by atoms with E-state index in [1.165, 1.54) is 69.3 Å². The fourth-order valence-electron chi connectivity index (χ4n) is 4.55. The number of benzene rings is 1. The van der Waals surface area contributed by atoms with E-state index in [0.717, 1.165) is 32.1 Å². The average Bonchev–Trinajstić information content (AvgIpc) is 2.99. The number of nitrogens with two attached hydrogens (primary N) is 1. The molecule has 2 rings (SSSR count). The SMILES string of the molecule is CCCCCCCC/C=C/CCCCCCCC(=O)Oc1cc(C(=O)C(N)C(C)(C)C)ccc1OC(=O)c1cccnc1. The highest BCUT2D eigenvalue weighted by atomic mass is 16.6. The topological polar surface area (TPSA) is 109 Å². The summed E-state index contributed by atoms with van der Waals surface area (Å²) in [5, 5.41) is 0. The first-order valence-corrected chi connectivity index (χ1v) is 16.0. The van der Waals surface area contributed by atoms with Gasteiger partial charge in [0.15, 0.2) is 17.3 Å². The van der Waals surface area contributed by atoms with Crippen LogP contribution in [0, 0.1) is 5.41 Å². The number of rotatable bonds is 20. The Balaban J connectivity index is 1.83. The minimum absolute atomic E-state index is 0.0157. The van der Waals surface area contributed by atoms with Crippen LogP contribution in [0.3, 0.4) is 0 Å². The smallest absolute Gasteiger partial charge is 0.345 e. The van der Waals surface area contributed by atoms with E-state index < -0.39 is 23.4 Å². The molecule has 2 N–H and O–H groups in total. The Morgan fingerprint density at radius 1 is 0.814 bits per heavy atom. The Morgan fingerprint density at radius 3 is 2.05 bits per heavy atom. The maximum Gasteiger partial charge on any atom is 0.345 e. The largest absolute Gasteiger partial charge is 0.422 e. The summed E-state index contributed by atoms with van der Waals surface area (Å²) in [4.78, 5) is 42.4. The van der Waals surface area contributed by atoms with Crippen molar-refractivity contribution in [3.05, 3.63) is 66.0 Å². The van der Waals surface area contributed by atoms with Gasteiger partial charge in [-0.1, -0.05) is 91.2 Å². The van der Waals surface area contributed by atoms with Gasteiger partial charge in [0.2, 0.25) is 0 Å².